The van der Waals surface area contributed by atoms with Crippen molar-refractivity contribution in [2.75, 3.05) is 0 Å². The van der Waals surface area contributed by atoms with Gasteiger partial charge in [0.15, 0.2) is 0 Å². The first kappa shape index (κ1) is 12.1. The van der Waals surface area contributed by atoms with E-state index in [1.807, 2.05) is 19.1 Å². The Balaban J connectivity index is 2.07. The van der Waals surface area contributed by atoms with E-state index in [-0.39, 0.29) is 4.83 Å². The van der Waals surface area contributed by atoms with Crippen molar-refractivity contribution in [2.45, 2.75) is 18.2 Å². The maximum absolute atomic E-state index is 5.85. The molecule has 1 heterocycles. The number of hydrogen-bond acceptors (Lipinski definition) is 2. The molecule has 1 aromatic heterocycles. The van der Waals surface area contributed by atoms with Crippen LogP contribution < -0.4 is 0 Å². The highest BCUT2D eigenvalue weighted by molar-refractivity contribution is 9.09. The van der Waals surface area contributed by atoms with Crippen LogP contribution in [0.3, 0.4) is 0 Å². The van der Waals surface area contributed by atoms with Crippen molar-refractivity contribution in [3.63, 3.8) is 0 Å². The molecule has 0 aliphatic rings. The van der Waals surface area contributed by atoms with Crippen LogP contribution in [0.25, 0.3) is 0 Å². The molecular formula is C12H11BrClNS. The molecule has 2 rings (SSSR count). The summed E-state index contributed by atoms with van der Waals surface area (Å²) in [4.78, 5) is 4.75. The lowest BCUT2D eigenvalue weighted by molar-refractivity contribution is 0.909. The molecule has 0 spiro atoms. The third-order valence-corrected chi connectivity index (χ3v) is 4.12. The molecule has 0 saturated heterocycles. The molecule has 2 aromatic rings. The van der Waals surface area contributed by atoms with Crippen LogP contribution in [0, 0.1) is 6.92 Å². The van der Waals surface area contributed by atoms with E-state index >= 15 is 0 Å². The number of nitrogens with zero attached hydrogens (tertiary/aromatic N) is 1. The third-order valence-electron chi connectivity index (χ3n) is 2.29. The Morgan fingerprint density at radius 1 is 1.38 bits per heavy atom. The first-order valence-corrected chi connectivity index (χ1v) is 7.13. The van der Waals surface area contributed by atoms with Crippen LogP contribution in [0.4, 0.5) is 0 Å². The second-order valence-corrected chi connectivity index (χ2v) is 6.19. The zero-order valence-electron chi connectivity index (χ0n) is 8.78. The molecule has 0 aliphatic carbocycles. The summed E-state index contributed by atoms with van der Waals surface area (Å²) in [6.07, 6.45) is 0.931. The van der Waals surface area contributed by atoms with Crippen LogP contribution in [0.1, 0.15) is 21.1 Å². The first-order chi connectivity index (χ1) is 7.65. The molecule has 0 N–H and O–H groups in total. The van der Waals surface area contributed by atoms with Gasteiger partial charge in [-0.3, -0.25) is 0 Å². The van der Waals surface area contributed by atoms with Crippen molar-refractivity contribution in [3.8, 4) is 0 Å². The maximum Gasteiger partial charge on any atom is 0.0897 e. The number of halogens is 2. The van der Waals surface area contributed by atoms with Gasteiger partial charge in [0.25, 0.3) is 0 Å². The monoisotopic (exact) mass is 315 g/mol. The highest BCUT2D eigenvalue weighted by atomic mass is 79.9. The fourth-order valence-corrected chi connectivity index (χ4v) is 3.03. The van der Waals surface area contributed by atoms with Crippen molar-refractivity contribution in [3.05, 3.63) is 50.9 Å². The minimum Gasteiger partial charge on any atom is -0.245 e. The van der Waals surface area contributed by atoms with Crippen LogP contribution in [0.15, 0.2) is 29.6 Å². The zero-order chi connectivity index (χ0) is 11.5. The summed E-state index contributed by atoms with van der Waals surface area (Å²) >= 11 is 11.2. The molecular weight excluding hydrogens is 306 g/mol. The van der Waals surface area contributed by atoms with Crippen LogP contribution in [0.5, 0.6) is 0 Å². The van der Waals surface area contributed by atoms with Gasteiger partial charge in [0, 0.05) is 10.4 Å². The van der Waals surface area contributed by atoms with Gasteiger partial charge in [0.05, 0.1) is 15.5 Å². The van der Waals surface area contributed by atoms with Gasteiger partial charge in [-0.05, 0) is 31.0 Å². The highest BCUT2D eigenvalue weighted by Gasteiger charge is 2.11. The van der Waals surface area contributed by atoms with Crippen molar-refractivity contribution >= 4 is 38.9 Å². The van der Waals surface area contributed by atoms with Crippen molar-refractivity contribution < 1.29 is 0 Å². The molecule has 4 heteroatoms. The molecule has 1 aromatic carbocycles. The van der Waals surface area contributed by atoms with E-state index in [1.165, 1.54) is 5.56 Å². The molecule has 1 unspecified atom stereocenters. The predicted molar refractivity (Wildman–Crippen MR) is 73.7 cm³/mol. The van der Waals surface area contributed by atoms with Gasteiger partial charge >= 0.3 is 0 Å². The van der Waals surface area contributed by atoms with E-state index in [2.05, 4.69) is 38.4 Å². The van der Waals surface area contributed by atoms with Crippen LogP contribution in [0.2, 0.25) is 5.02 Å². The summed E-state index contributed by atoms with van der Waals surface area (Å²) in [7, 11) is 0. The molecule has 0 fully saturated rings. The molecule has 0 radical (unpaired) electrons. The Hall–Kier alpha value is -0.380. The van der Waals surface area contributed by atoms with Gasteiger partial charge in [-0.25, -0.2) is 4.98 Å². The van der Waals surface area contributed by atoms with Crippen LogP contribution >= 0.6 is 38.9 Å². The van der Waals surface area contributed by atoms with Crippen molar-refractivity contribution in [1.29, 1.82) is 0 Å². The van der Waals surface area contributed by atoms with Crippen LogP contribution in [-0.2, 0) is 6.42 Å². The van der Waals surface area contributed by atoms with Crippen LogP contribution in [-0.4, -0.2) is 4.98 Å². The lowest BCUT2D eigenvalue weighted by Gasteiger charge is -2.06. The fourth-order valence-electron chi connectivity index (χ4n) is 1.46. The lowest BCUT2D eigenvalue weighted by atomic mass is 10.1. The van der Waals surface area contributed by atoms with Gasteiger partial charge in [-0.2, -0.15) is 0 Å². The van der Waals surface area contributed by atoms with E-state index in [0.717, 1.165) is 22.1 Å². The topological polar surface area (TPSA) is 12.9 Å². The summed E-state index contributed by atoms with van der Waals surface area (Å²) in [6, 6.07) is 7.94. The van der Waals surface area contributed by atoms with Gasteiger partial charge in [-0.1, -0.05) is 39.7 Å². The quantitative estimate of drug-likeness (QED) is 0.742. The first-order valence-electron chi connectivity index (χ1n) is 4.95. The van der Waals surface area contributed by atoms with Gasteiger partial charge in [-0.15, -0.1) is 11.3 Å². The van der Waals surface area contributed by atoms with E-state index in [0.29, 0.717) is 0 Å². The maximum atomic E-state index is 5.85. The van der Waals surface area contributed by atoms with Gasteiger partial charge in [0.2, 0.25) is 0 Å². The lowest BCUT2D eigenvalue weighted by Crippen LogP contribution is -1.95. The average molecular weight is 317 g/mol. The molecule has 1 nitrogen and oxygen atoms in total. The summed E-state index contributed by atoms with van der Waals surface area (Å²) in [5, 5.41) is 3.99. The van der Waals surface area contributed by atoms with Crippen molar-refractivity contribution in [1.82, 2.24) is 4.98 Å². The van der Waals surface area contributed by atoms with Gasteiger partial charge < -0.3 is 0 Å². The molecule has 0 saturated carbocycles. The number of aryl methyl sites for hydroxylation is 1. The standard InChI is InChI=1S/C12H11BrClNS/c1-8-15-12(7-16-8)11(13)6-9-2-4-10(14)5-3-9/h2-5,7,11H,6H2,1H3. The zero-order valence-corrected chi connectivity index (χ0v) is 11.9. The Morgan fingerprint density at radius 3 is 2.62 bits per heavy atom. The number of alkyl halides is 1. The Labute approximate surface area is 113 Å². The number of rotatable bonds is 3. The Morgan fingerprint density at radius 2 is 2.06 bits per heavy atom. The Bertz CT molecular complexity index is 466. The summed E-state index contributed by atoms with van der Waals surface area (Å²) in [6.45, 7) is 2.02. The number of thiazole rings is 1. The number of aromatic nitrogens is 1. The summed E-state index contributed by atoms with van der Waals surface area (Å²) < 4.78 is 0. The largest absolute Gasteiger partial charge is 0.245 e. The highest BCUT2D eigenvalue weighted by Crippen LogP contribution is 2.28. The molecule has 0 aliphatic heterocycles. The summed E-state index contributed by atoms with van der Waals surface area (Å²) in [5.41, 5.74) is 2.37. The molecule has 84 valence electrons. The number of hydrogen-bond donors (Lipinski definition) is 0. The van der Waals surface area contributed by atoms with E-state index in [9.17, 15) is 0 Å². The molecule has 1 atom stereocenters. The van der Waals surface area contributed by atoms with E-state index in [4.69, 9.17) is 11.6 Å². The van der Waals surface area contributed by atoms with E-state index < -0.39 is 0 Å². The van der Waals surface area contributed by atoms with Gasteiger partial charge in [0.1, 0.15) is 0 Å². The SMILES string of the molecule is Cc1nc(C(Br)Cc2ccc(Cl)cc2)cs1. The third kappa shape index (κ3) is 3.06. The average Bonchev–Trinajstić information content (AvgIpc) is 2.68. The second kappa shape index (κ2) is 5.30. The summed E-state index contributed by atoms with van der Waals surface area (Å²) in [5.74, 6) is 0. The molecule has 0 amide bonds. The van der Waals surface area contributed by atoms with E-state index in [1.54, 1.807) is 11.3 Å². The molecule has 0 bridgehead atoms. The Kier molecular flexibility index (Phi) is 4.00. The predicted octanol–water partition coefficient (Wildman–Crippen LogP) is 4.78. The smallest absolute Gasteiger partial charge is 0.0897 e. The second-order valence-electron chi connectivity index (χ2n) is 3.59. The number of benzene rings is 1. The minimum absolute atomic E-state index is 0.277. The molecule has 16 heavy (non-hydrogen) atoms. The normalized spacial score (nSPS) is 12.7. The van der Waals surface area contributed by atoms with Crippen molar-refractivity contribution in [2.24, 2.45) is 0 Å². The minimum atomic E-state index is 0.277. The fraction of sp³-hybridized carbons (Fsp3) is 0.250.